The average Bonchev–Trinajstić information content (AvgIpc) is 2.39. The van der Waals surface area contributed by atoms with Crippen molar-refractivity contribution in [1.82, 2.24) is 0 Å². The van der Waals surface area contributed by atoms with Gasteiger partial charge in [0.2, 0.25) is 0 Å². The number of aliphatic hydroxyl groups is 3. The predicted octanol–water partition coefficient (Wildman–Crippen LogP) is 2.34. The first-order valence-electron chi connectivity index (χ1n) is 7.62. The van der Waals surface area contributed by atoms with E-state index in [1.54, 1.807) is 0 Å². The zero-order valence-corrected chi connectivity index (χ0v) is 11.6. The molecule has 0 radical (unpaired) electrons. The molecule has 108 valence electrons. The molecule has 3 heteroatoms. The maximum atomic E-state index is 9.37. The Kier molecular flexibility index (Phi) is 8.64. The highest BCUT2D eigenvalue weighted by Crippen LogP contribution is 2.25. The molecule has 1 rings (SSSR count). The van der Waals surface area contributed by atoms with Gasteiger partial charge >= 0.3 is 0 Å². The Balaban J connectivity index is 2.44. The monoisotopic (exact) mass is 258 g/mol. The summed E-state index contributed by atoms with van der Waals surface area (Å²) in [6, 6.07) is 0. The number of hydrogen-bond donors (Lipinski definition) is 3. The molecule has 0 heterocycles. The fraction of sp³-hybridized carbons (Fsp3) is 1.00. The lowest BCUT2D eigenvalue weighted by Crippen LogP contribution is -2.14. The average molecular weight is 258 g/mol. The van der Waals surface area contributed by atoms with E-state index < -0.39 is 0 Å². The normalized spacial score (nSPS) is 32.5. The standard InChI is InChI=1S/C15H30O3/c16-10-13-4-1-2-5-14(11-17)8-9-15(12-18)7-3-6-13/h13-18H,1-12H2/t13-,14-,15+/m1/s1. The zero-order chi connectivity index (χ0) is 13.2. The van der Waals surface area contributed by atoms with E-state index in [4.69, 9.17) is 0 Å². The van der Waals surface area contributed by atoms with E-state index in [2.05, 4.69) is 0 Å². The lowest BCUT2D eigenvalue weighted by Gasteiger charge is -2.22. The highest BCUT2D eigenvalue weighted by Gasteiger charge is 2.16. The van der Waals surface area contributed by atoms with Gasteiger partial charge in [-0.1, -0.05) is 19.3 Å². The first kappa shape index (κ1) is 15.9. The number of aliphatic hydroxyl groups excluding tert-OH is 3. The first-order chi connectivity index (χ1) is 8.80. The van der Waals surface area contributed by atoms with Crippen molar-refractivity contribution in [2.24, 2.45) is 17.8 Å². The topological polar surface area (TPSA) is 60.7 Å². The van der Waals surface area contributed by atoms with Crippen LogP contribution >= 0.6 is 0 Å². The van der Waals surface area contributed by atoms with Crippen LogP contribution in [0.1, 0.15) is 57.8 Å². The SMILES string of the molecule is OC[C@@H]1CCCC[C@@H](CO)CC[C@@H](CO)CCC1. The van der Waals surface area contributed by atoms with E-state index >= 15 is 0 Å². The molecule has 3 N–H and O–H groups in total. The minimum absolute atomic E-state index is 0.266. The highest BCUT2D eigenvalue weighted by molar-refractivity contribution is 4.68. The van der Waals surface area contributed by atoms with E-state index in [1.165, 1.54) is 6.42 Å². The Hall–Kier alpha value is -0.120. The van der Waals surface area contributed by atoms with Gasteiger partial charge in [-0.2, -0.15) is 0 Å². The molecule has 18 heavy (non-hydrogen) atoms. The largest absolute Gasteiger partial charge is 0.396 e. The second kappa shape index (κ2) is 9.76. The van der Waals surface area contributed by atoms with Gasteiger partial charge in [0.1, 0.15) is 0 Å². The summed E-state index contributed by atoms with van der Waals surface area (Å²) >= 11 is 0. The van der Waals surface area contributed by atoms with Gasteiger partial charge in [0.05, 0.1) is 0 Å². The summed E-state index contributed by atoms with van der Waals surface area (Å²) in [5, 5.41) is 28.0. The minimum Gasteiger partial charge on any atom is -0.396 e. The molecule has 0 unspecified atom stereocenters. The molecule has 0 amide bonds. The summed E-state index contributed by atoms with van der Waals surface area (Å²) < 4.78 is 0. The van der Waals surface area contributed by atoms with Crippen LogP contribution in [0.2, 0.25) is 0 Å². The van der Waals surface area contributed by atoms with Gasteiger partial charge in [-0.15, -0.1) is 0 Å². The maximum Gasteiger partial charge on any atom is 0.0459 e. The van der Waals surface area contributed by atoms with Crippen molar-refractivity contribution >= 4 is 0 Å². The molecule has 0 spiro atoms. The van der Waals surface area contributed by atoms with Gasteiger partial charge in [-0.25, -0.2) is 0 Å². The molecule has 0 aromatic rings. The van der Waals surface area contributed by atoms with E-state index in [0.717, 1.165) is 51.4 Å². The molecule has 0 saturated heterocycles. The summed E-state index contributed by atoms with van der Waals surface area (Å²) in [5.74, 6) is 1.24. The van der Waals surface area contributed by atoms with Crippen LogP contribution in [0.25, 0.3) is 0 Å². The lowest BCUT2D eigenvalue weighted by atomic mass is 9.86. The van der Waals surface area contributed by atoms with E-state index in [9.17, 15) is 15.3 Å². The van der Waals surface area contributed by atoms with Gasteiger partial charge in [0.15, 0.2) is 0 Å². The Morgan fingerprint density at radius 1 is 0.500 bits per heavy atom. The van der Waals surface area contributed by atoms with E-state index in [1.807, 2.05) is 0 Å². The fourth-order valence-corrected chi connectivity index (χ4v) is 3.01. The van der Waals surface area contributed by atoms with Gasteiger partial charge in [0.25, 0.3) is 0 Å². The molecule has 1 aliphatic carbocycles. The molecule has 0 bridgehead atoms. The molecule has 0 aromatic heterocycles. The first-order valence-corrected chi connectivity index (χ1v) is 7.62. The van der Waals surface area contributed by atoms with Crippen LogP contribution < -0.4 is 0 Å². The van der Waals surface area contributed by atoms with Crippen LogP contribution in [0.5, 0.6) is 0 Å². The summed E-state index contributed by atoms with van der Waals surface area (Å²) in [7, 11) is 0. The highest BCUT2D eigenvalue weighted by atomic mass is 16.3. The van der Waals surface area contributed by atoms with Crippen molar-refractivity contribution in [3.05, 3.63) is 0 Å². The van der Waals surface area contributed by atoms with Crippen molar-refractivity contribution in [2.45, 2.75) is 57.8 Å². The molecule has 3 atom stereocenters. The molecule has 1 aliphatic rings. The summed E-state index contributed by atoms with van der Waals surface area (Å²) in [6.45, 7) is 0.844. The van der Waals surface area contributed by atoms with Crippen molar-refractivity contribution in [1.29, 1.82) is 0 Å². The van der Waals surface area contributed by atoms with Crippen LogP contribution in [-0.2, 0) is 0 Å². The lowest BCUT2D eigenvalue weighted by molar-refractivity contribution is 0.158. The summed E-state index contributed by atoms with van der Waals surface area (Å²) in [5.41, 5.74) is 0. The Labute approximate surface area is 111 Å². The molecule has 0 aromatic carbocycles. The van der Waals surface area contributed by atoms with Crippen LogP contribution in [0.3, 0.4) is 0 Å². The molecular weight excluding hydrogens is 228 g/mol. The van der Waals surface area contributed by atoms with Gasteiger partial charge < -0.3 is 15.3 Å². The molecule has 0 aliphatic heterocycles. The van der Waals surface area contributed by atoms with Gasteiger partial charge in [0, 0.05) is 19.8 Å². The second-order valence-corrected chi connectivity index (χ2v) is 5.94. The Morgan fingerprint density at radius 2 is 0.833 bits per heavy atom. The van der Waals surface area contributed by atoms with Crippen molar-refractivity contribution in [2.75, 3.05) is 19.8 Å². The maximum absolute atomic E-state index is 9.37. The Morgan fingerprint density at radius 3 is 1.22 bits per heavy atom. The third-order valence-corrected chi connectivity index (χ3v) is 4.46. The third-order valence-electron chi connectivity index (χ3n) is 4.46. The van der Waals surface area contributed by atoms with Crippen LogP contribution in [0.4, 0.5) is 0 Å². The van der Waals surface area contributed by atoms with Crippen LogP contribution in [0.15, 0.2) is 0 Å². The minimum atomic E-state index is 0.266. The zero-order valence-electron chi connectivity index (χ0n) is 11.6. The summed E-state index contributed by atoms with van der Waals surface area (Å²) in [6.07, 6.45) is 9.88. The molecule has 1 fully saturated rings. The fourth-order valence-electron chi connectivity index (χ4n) is 3.01. The number of hydrogen-bond acceptors (Lipinski definition) is 3. The van der Waals surface area contributed by atoms with Crippen molar-refractivity contribution in [3.8, 4) is 0 Å². The van der Waals surface area contributed by atoms with Crippen molar-refractivity contribution in [3.63, 3.8) is 0 Å². The van der Waals surface area contributed by atoms with Crippen LogP contribution in [0, 0.1) is 17.8 Å². The second-order valence-electron chi connectivity index (χ2n) is 5.94. The third kappa shape index (κ3) is 6.17. The predicted molar refractivity (Wildman–Crippen MR) is 73.3 cm³/mol. The van der Waals surface area contributed by atoms with Gasteiger partial charge in [-0.05, 0) is 56.3 Å². The molecule has 3 nitrogen and oxygen atoms in total. The smallest absolute Gasteiger partial charge is 0.0459 e. The Bertz CT molecular complexity index is 196. The molecule has 1 saturated carbocycles. The quantitative estimate of drug-likeness (QED) is 0.728. The molecular formula is C15H30O3. The summed E-state index contributed by atoms with van der Waals surface area (Å²) in [4.78, 5) is 0. The van der Waals surface area contributed by atoms with E-state index in [-0.39, 0.29) is 13.2 Å². The van der Waals surface area contributed by atoms with Crippen LogP contribution in [-0.4, -0.2) is 35.1 Å². The van der Waals surface area contributed by atoms with Crippen molar-refractivity contribution < 1.29 is 15.3 Å². The number of rotatable bonds is 3. The van der Waals surface area contributed by atoms with Gasteiger partial charge in [-0.3, -0.25) is 0 Å². The van der Waals surface area contributed by atoms with E-state index in [0.29, 0.717) is 24.4 Å².